The van der Waals surface area contributed by atoms with E-state index < -0.39 is 0 Å². The van der Waals surface area contributed by atoms with Gasteiger partial charge in [0.15, 0.2) is 0 Å². The van der Waals surface area contributed by atoms with Gasteiger partial charge in [-0.05, 0) is 6.07 Å². The molecular formula is C11H15N3O3. The van der Waals surface area contributed by atoms with Crippen LogP contribution in [-0.2, 0) is 7.05 Å². The number of aliphatic hydroxyl groups is 1. The van der Waals surface area contributed by atoms with Crippen molar-refractivity contribution in [2.24, 2.45) is 7.05 Å². The molecule has 17 heavy (non-hydrogen) atoms. The van der Waals surface area contributed by atoms with Crippen LogP contribution < -0.4 is 5.56 Å². The number of hydrogen-bond donors (Lipinski definition) is 1. The molecule has 1 N–H and O–H groups in total. The van der Waals surface area contributed by atoms with E-state index in [1.807, 2.05) is 0 Å². The van der Waals surface area contributed by atoms with E-state index in [-0.39, 0.29) is 30.3 Å². The lowest BCUT2D eigenvalue weighted by atomic mass is 10.3. The molecule has 0 saturated heterocycles. The minimum Gasteiger partial charge on any atom is -0.395 e. The Labute approximate surface area is 98.8 Å². The molecule has 0 fully saturated rings. The predicted molar refractivity (Wildman–Crippen MR) is 62.7 cm³/mol. The molecule has 6 heteroatoms. The Morgan fingerprint density at radius 1 is 1.65 bits per heavy atom. The lowest BCUT2D eigenvalue weighted by Crippen LogP contribution is -2.35. The quantitative estimate of drug-likeness (QED) is 0.694. The normalized spacial score (nSPS) is 10.0. The van der Waals surface area contributed by atoms with Crippen LogP contribution in [0.25, 0.3) is 0 Å². The van der Waals surface area contributed by atoms with Crippen LogP contribution >= 0.6 is 0 Å². The summed E-state index contributed by atoms with van der Waals surface area (Å²) >= 11 is 0. The second-order valence-corrected chi connectivity index (χ2v) is 3.44. The number of rotatable bonds is 5. The molecule has 0 atom stereocenters. The average molecular weight is 237 g/mol. The van der Waals surface area contributed by atoms with Crippen molar-refractivity contribution in [1.82, 2.24) is 14.7 Å². The maximum absolute atomic E-state index is 12.0. The summed E-state index contributed by atoms with van der Waals surface area (Å²) in [6, 6.07) is 2.66. The number of aliphatic hydroxyl groups excluding tert-OH is 1. The van der Waals surface area contributed by atoms with Crippen LogP contribution in [0.2, 0.25) is 0 Å². The molecule has 1 amide bonds. The number of nitrogens with zero attached hydrogens (tertiary/aromatic N) is 3. The Kier molecular flexibility index (Phi) is 4.59. The topological polar surface area (TPSA) is 75.4 Å². The van der Waals surface area contributed by atoms with Crippen molar-refractivity contribution in [3.8, 4) is 0 Å². The highest BCUT2D eigenvalue weighted by atomic mass is 16.3. The molecule has 0 aliphatic carbocycles. The van der Waals surface area contributed by atoms with Gasteiger partial charge in [-0.1, -0.05) is 6.08 Å². The number of amides is 1. The lowest BCUT2D eigenvalue weighted by Gasteiger charge is -2.19. The van der Waals surface area contributed by atoms with Gasteiger partial charge in [0.1, 0.15) is 5.69 Å². The molecule has 0 saturated carbocycles. The molecule has 0 aliphatic heterocycles. The standard InChI is InChI=1S/C11H15N3O3/c1-3-6-14(7-8-15)11(17)9-4-5-10(16)13(2)12-9/h3-5,15H,1,6-8H2,2H3. The third-order valence-electron chi connectivity index (χ3n) is 2.19. The fourth-order valence-electron chi connectivity index (χ4n) is 1.33. The molecule has 6 nitrogen and oxygen atoms in total. The van der Waals surface area contributed by atoms with Crippen LogP contribution in [0.15, 0.2) is 29.6 Å². The fourth-order valence-corrected chi connectivity index (χ4v) is 1.33. The van der Waals surface area contributed by atoms with Gasteiger partial charge in [-0.3, -0.25) is 9.59 Å². The number of carbonyl (C=O) groups is 1. The number of carbonyl (C=O) groups excluding carboxylic acids is 1. The maximum atomic E-state index is 12.0. The molecule has 1 heterocycles. The zero-order valence-electron chi connectivity index (χ0n) is 9.67. The van der Waals surface area contributed by atoms with Gasteiger partial charge in [0.25, 0.3) is 11.5 Å². The van der Waals surface area contributed by atoms with Crippen molar-refractivity contribution in [3.63, 3.8) is 0 Å². The zero-order valence-corrected chi connectivity index (χ0v) is 9.67. The molecule has 1 aromatic rings. The number of aromatic nitrogens is 2. The summed E-state index contributed by atoms with van der Waals surface area (Å²) in [7, 11) is 1.48. The Morgan fingerprint density at radius 3 is 2.88 bits per heavy atom. The van der Waals surface area contributed by atoms with Crippen LogP contribution in [0.1, 0.15) is 10.5 Å². The van der Waals surface area contributed by atoms with E-state index in [1.54, 1.807) is 6.08 Å². The van der Waals surface area contributed by atoms with E-state index in [9.17, 15) is 9.59 Å². The van der Waals surface area contributed by atoms with Gasteiger partial charge < -0.3 is 10.0 Å². The number of hydrogen-bond acceptors (Lipinski definition) is 4. The Bertz CT molecular complexity index is 467. The molecule has 0 radical (unpaired) electrons. The molecular weight excluding hydrogens is 222 g/mol. The maximum Gasteiger partial charge on any atom is 0.274 e. The van der Waals surface area contributed by atoms with Crippen LogP contribution in [-0.4, -0.2) is 45.4 Å². The Balaban J connectivity index is 2.96. The smallest absolute Gasteiger partial charge is 0.274 e. The van der Waals surface area contributed by atoms with E-state index >= 15 is 0 Å². The second kappa shape index (κ2) is 5.95. The van der Waals surface area contributed by atoms with Gasteiger partial charge in [-0.15, -0.1) is 6.58 Å². The molecule has 1 aromatic heterocycles. The summed E-state index contributed by atoms with van der Waals surface area (Å²) < 4.78 is 1.10. The van der Waals surface area contributed by atoms with Crippen molar-refractivity contribution in [3.05, 3.63) is 40.8 Å². The molecule has 0 spiro atoms. The highest BCUT2D eigenvalue weighted by Crippen LogP contribution is 1.99. The van der Waals surface area contributed by atoms with E-state index in [0.29, 0.717) is 6.54 Å². The van der Waals surface area contributed by atoms with E-state index in [4.69, 9.17) is 5.11 Å². The van der Waals surface area contributed by atoms with E-state index in [1.165, 1.54) is 24.1 Å². The Morgan fingerprint density at radius 2 is 2.35 bits per heavy atom. The fraction of sp³-hybridized carbons (Fsp3) is 0.364. The van der Waals surface area contributed by atoms with Gasteiger partial charge in [0.2, 0.25) is 0 Å². The lowest BCUT2D eigenvalue weighted by molar-refractivity contribution is 0.0734. The zero-order chi connectivity index (χ0) is 12.8. The minimum absolute atomic E-state index is 0.134. The molecule has 92 valence electrons. The first kappa shape index (κ1) is 13.1. The predicted octanol–water partition coefficient (Wildman–Crippen LogP) is -0.599. The van der Waals surface area contributed by atoms with Crippen molar-refractivity contribution < 1.29 is 9.90 Å². The van der Waals surface area contributed by atoms with Crippen molar-refractivity contribution >= 4 is 5.91 Å². The van der Waals surface area contributed by atoms with Crippen LogP contribution in [0, 0.1) is 0 Å². The highest BCUT2D eigenvalue weighted by Gasteiger charge is 2.15. The Hall–Kier alpha value is -1.95. The van der Waals surface area contributed by atoms with Gasteiger partial charge >= 0.3 is 0 Å². The summed E-state index contributed by atoms with van der Waals surface area (Å²) in [5.41, 5.74) is -0.110. The molecule has 0 aliphatic rings. The van der Waals surface area contributed by atoms with Crippen molar-refractivity contribution in [2.45, 2.75) is 0 Å². The first-order chi connectivity index (χ1) is 8.10. The van der Waals surface area contributed by atoms with E-state index in [2.05, 4.69) is 11.7 Å². The van der Waals surface area contributed by atoms with Gasteiger partial charge in [-0.2, -0.15) is 5.10 Å². The van der Waals surface area contributed by atoms with Gasteiger partial charge in [-0.25, -0.2) is 4.68 Å². The van der Waals surface area contributed by atoms with Crippen molar-refractivity contribution in [2.75, 3.05) is 19.7 Å². The summed E-state index contributed by atoms with van der Waals surface area (Å²) in [5, 5.41) is 12.7. The van der Waals surface area contributed by atoms with Gasteiger partial charge in [0.05, 0.1) is 6.61 Å². The average Bonchev–Trinajstić information content (AvgIpc) is 2.31. The van der Waals surface area contributed by atoms with Gasteiger partial charge in [0, 0.05) is 26.2 Å². The minimum atomic E-state index is -0.338. The summed E-state index contributed by atoms with van der Waals surface area (Å²) in [5.74, 6) is -0.338. The van der Waals surface area contributed by atoms with Crippen LogP contribution in [0.5, 0.6) is 0 Å². The largest absolute Gasteiger partial charge is 0.395 e. The monoisotopic (exact) mass is 237 g/mol. The third-order valence-corrected chi connectivity index (χ3v) is 2.19. The number of aryl methyl sites for hydroxylation is 1. The first-order valence-corrected chi connectivity index (χ1v) is 5.15. The van der Waals surface area contributed by atoms with Crippen molar-refractivity contribution in [1.29, 1.82) is 0 Å². The third kappa shape index (κ3) is 3.25. The first-order valence-electron chi connectivity index (χ1n) is 5.15. The summed E-state index contributed by atoms with van der Waals surface area (Å²) in [4.78, 5) is 24.5. The van der Waals surface area contributed by atoms with Crippen LogP contribution in [0.4, 0.5) is 0 Å². The second-order valence-electron chi connectivity index (χ2n) is 3.44. The van der Waals surface area contributed by atoms with Crippen LogP contribution in [0.3, 0.4) is 0 Å². The molecule has 0 aromatic carbocycles. The SMILES string of the molecule is C=CCN(CCO)C(=O)c1ccc(=O)n(C)n1. The van der Waals surface area contributed by atoms with E-state index in [0.717, 1.165) is 4.68 Å². The molecule has 0 unspecified atom stereocenters. The highest BCUT2D eigenvalue weighted by molar-refractivity contribution is 5.92. The summed E-state index contributed by atoms with van der Waals surface area (Å²) in [6.45, 7) is 3.93. The molecule has 0 bridgehead atoms. The summed E-state index contributed by atoms with van der Waals surface area (Å²) in [6.07, 6.45) is 1.57. The molecule has 1 rings (SSSR count).